The lowest BCUT2D eigenvalue weighted by Crippen LogP contribution is -2.03. The van der Waals surface area contributed by atoms with Crippen LogP contribution in [0.4, 0.5) is 0 Å². The second kappa shape index (κ2) is 6.94. The Morgan fingerprint density at radius 2 is 1.23 bits per heavy atom. The maximum absolute atomic E-state index is 11.1. The lowest BCUT2D eigenvalue weighted by atomic mass is 10.1. The van der Waals surface area contributed by atoms with E-state index in [4.69, 9.17) is 10.2 Å². The van der Waals surface area contributed by atoms with Crippen LogP contribution in [0.5, 0.6) is 0 Å². The molecule has 0 radical (unpaired) electrons. The van der Waals surface area contributed by atoms with E-state index in [1.807, 2.05) is 0 Å². The fourth-order valence-electron chi connectivity index (χ4n) is 2.32. The Balaban J connectivity index is 2.15. The first-order chi connectivity index (χ1) is 12.5. The third-order valence-electron chi connectivity index (χ3n) is 3.54. The summed E-state index contributed by atoms with van der Waals surface area (Å²) in [6, 6.07) is 12.7. The van der Waals surface area contributed by atoms with Crippen LogP contribution < -0.4 is 0 Å². The van der Waals surface area contributed by atoms with E-state index in [2.05, 4.69) is 21.5 Å². The van der Waals surface area contributed by atoms with Crippen molar-refractivity contribution in [3.05, 3.63) is 72.1 Å². The van der Waals surface area contributed by atoms with Gasteiger partial charge in [-0.15, -0.1) is 0 Å². The third-order valence-corrected chi connectivity index (χ3v) is 3.54. The minimum absolute atomic E-state index is 0.0964. The molecule has 3 heterocycles. The Hall–Kier alpha value is -3.87. The fourth-order valence-corrected chi connectivity index (χ4v) is 2.32. The number of carbonyl (C=O) groups is 2. The van der Waals surface area contributed by atoms with Crippen molar-refractivity contribution in [2.24, 2.45) is 0 Å². The van der Waals surface area contributed by atoms with Crippen molar-refractivity contribution >= 4 is 18.0 Å². The molecule has 3 aromatic heterocycles. The Morgan fingerprint density at radius 3 is 1.62 bits per heavy atom. The molecule has 0 bridgehead atoms. The number of hydrogen-bond donors (Lipinski definition) is 2. The van der Waals surface area contributed by atoms with Crippen molar-refractivity contribution in [3.8, 4) is 22.8 Å². The summed E-state index contributed by atoms with van der Waals surface area (Å²) in [4.78, 5) is 34.9. The van der Waals surface area contributed by atoms with E-state index in [1.165, 1.54) is 12.1 Å². The predicted molar refractivity (Wildman–Crippen MR) is 94.7 cm³/mol. The molecule has 0 aliphatic rings. The number of pyridine rings is 3. The van der Waals surface area contributed by atoms with E-state index in [-0.39, 0.29) is 11.4 Å². The number of aromatic carboxylic acids is 2. The van der Waals surface area contributed by atoms with Gasteiger partial charge in [0.1, 0.15) is 11.4 Å². The second-order valence-electron chi connectivity index (χ2n) is 5.30. The summed E-state index contributed by atoms with van der Waals surface area (Å²) >= 11 is 0. The van der Waals surface area contributed by atoms with Gasteiger partial charge in [-0.2, -0.15) is 0 Å². The Bertz CT molecular complexity index is 955. The predicted octanol–water partition coefficient (Wildman–Crippen LogP) is 3.25. The molecule has 0 aromatic carbocycles. The van der Waals surface area contributed by atoms with Crippen LogP contribution in [-0.2, 0) is 0 Å². The first-order valence-corrected chi connectivity index (χ1v) is 7.54. The summed E-state index contributed by atoms with van der Waals surface area (Å²) in [5.41, 5.74) is 2.15. The first kappa shape index (κ1) is 17.0. The zero-order valence-corrected chi connectivity index (χ0v) is 13.5. The Kier molecular flexibility index (Phi) is 4.53. The van der Waals surface area contributed by atoms with Gasteiger partial charge >= 0.3 is 11.9 Å². The molecule has 0 spiro atoms. The van der Waals surface area contributed by atoms with E-state index in [9.17, 15) is 9.59 Å². The van der Waals surface area contributed by atoms with Crippen LogP contribution in [0.3, 0.4) is 0 Å². The number of aromatic nitrogens is 3. The van der Waals surface area contributed by atoms with Gasteiger partial charge in [0, 0.05) is 0 Å². The highest BCUT2D eigenvalue weighted by atomic mass is 16.4. The molecular formula is C19H13N3O4. The Labute approximate surface area is 148 Å². The second-order valence-corrected chi connectivity index (χ2v) is 5.30. The maximum Gasteiger partial charge on any atom is 0.354 e. The normalized spacial score (nSPS) is 10.3. The van der Waals surface area contributed by atoms with E-state index in [1.54, 1.807) is 42.5 Å². The summed E-state index contributed by atoms with van der Waals surface area (Å²) in [6.07, 6.45) is 1.61. The topological polar surface area (TPSA) is 113 Å². The molecular weight excluding hydrogens is 334 g/mol. The van der Waals surface area contributed by atoms with Crippen molar-refractivity contribution < 1.29 is 19.8 Å². The molecule has 0 aliphatic heterocycles. The van der Waals surface area contributed by atoms with Crippen molar-refractivity contribution in [2.75, 3.05) is 0 Å². The van der Waals surface area contributed by atoms with Gasteiger partial charge in [0.05, 0.1) is 22.8 Å². The summed E-state index contributed by atoms with van der Waals surface area (Å²) in [7, 11) is 0. The quantitative estimate of drug-likeness (QED) is 0.728. The van der Waals surface area contributed by atoms with E-state index in [0.717, 1.165) is 5.56 Å². The van der Waals surface area contributed by atoms with Crippen LogP contribution >= 0.6 is 0 Å². The van der Waals surface area contributed by atoms with E-state index in [0.29, 0.717) is 22.8 Å². The minimum atomic E-state index is -1.14. The number of nitrogens with zero attached hydrogens (tertiary/aromatic N) is 3. The molecule has 0 saturated heterocycles. The molecule has 7 nitrogen and oxygen atoms in total. The maximum atomic E-state index is 11.1. The largest absolute Gasteiger partial charge is 0.477 e. The van der Waals surface area contributed by atoms with Gasteiger partial charge in [-0.1, -0.05) is 24.8 Å². The highest BCUT2D eigenvalue weighted by Crippen LogP contribution is 2.24. The van der Waals surface area contributed by atoms with Gasteiger partial charge in [-0.05, 0) is 42.0 Å². The van der Waals surface area contributed by atoms with Crippen molar-refractivity contribution in [2.45, 2.75) is 0 Å². The summed E-state index contributed by atoms with van der Waals surface area (Å²) in [5, 5.41) is 18.2. The number of carboxylic acids is 2. The summed E-state index contributed by atoms with van der Waals surface area (Å²) < 4.78 is 0. The van der Waals surface area contributed by atoms with Gasteiger partial charge in [0.2, 0.25) is 0 Å². The van der Waals surface area contributed by atoms with Crippen LogP contribution in [0.15, 0.2) is 55.1 Å². The van der Waals surface area contributed by atoms with E-state index >= 15 is 0 Å². The molecule has 0 fully saturated rings. The summed E-state index contributed by atoms with van der Waals surface area (Å²) in [6.45, 7) is 3.74. The average molecular weight is 347 g/mol. The SMILES string of the molecule is C=Cc1cc(-c2cccc(C(=O)O)n2)nc(-c2cccc(C(=O)O)n2)c1. The molecule has 3 rings (SSSR count). The average Bonchev–Trinajstić information content (AvgIpc) is 2.67. The van der Waals surface area contributed by atoms with Crippen molar-refractivity contribution in [1.82, 2.24) is 15.0 Å². The lowest BCUT2D eigenvalue weighted by molar-refractivity contribution is 0.0680. The minimum Gasteiger partial charge on any atom is -0.477 e. The lowest BCUT2D eigenvalue weighted by Gasteiger charge is -2.08. The molecule has 0 atom stereocenters. The Morgan fingerprint density at radius 1 is 0.769 bits per heavy atom. The number of rotatable bonds is 5. The fraction of sp³-hybridized carbons (Fsp3) is 0. The van der Waals surface area contributed by atoms with Crippen LogP contribution in [0.25, 0.3) is 28.9 Å². The molecule has 26 heavy (non-hydrogen) atoms. The molecule has 0 aliphatic carbocycles. The zero-order chi connectivity index (χ0) is 18.7. The highest BCUT2D eigenvalue weighted by molar-refractivity contribution is 5.86. The summed E-state index contributed by atoms with van der Waals surface area (Å²) in [5.74, 6) is -2.27. The third kappa shape index (κ3) is 3.46. The van der Waals surface area contributed by atoms with Gasteiger partial charge in [-0.3, -0.25) is 0 Å². The van der Waals surface area contributed by atoms with Gasteiger partial charge in [0.15, 0.2) is 0 Å². The van der Waals surface area contributed by atoms with Crippen LogP contribution in [-0.4, -0.2) is 37.1 Å². The van der Waals surface area contributed by atoms with Crippen molar-refractivity contribution in [3.63, 3.8) is 0 Å². The molecule has 7 heteroatoms. The van der Waals surface area contributed by atoms with Crippen LogP contribution in [0.1, 0.15) is 26.5 Å². The van der Waals surface area contributed by atoms with Gasteiger partial charge in [0.25, 0.3) is 0 Å². The monoisotopic (exact) mass is 347 g/mol. The van der Waals surface area contributed by atoms with Crippen LogP contribution in [0.2, 0.25) is 0 Å². The molecule has 0 unspecified atom stereocenters. The first-order valence-electron chi connectivity index (χ1n) is 7.54. The number of hydrogen-bond acceptors (Lipinski definition) is 5. The smallest absolute Gasteiger partial charge is 0.354 e. The van der Waals surface area contributed by atoms with Gasteiger partial charge < -0.3 is 10.2 Å². The molecule has 128 valence electrons. The van der Waals surface area contributed by atoms with Gasteiger partial charge in [-0.25, -0.2) is 24.5 Å². The highest BCUT2D eigenvalue weighted by Gasteiger charge is 2.12. The van der Waals surface area contributed by atoms with Crippen molar-refractivity contribution in [1.29, 1.82) is 0 Å². The standard InChI is InChI=1S/C19H13N3O4/c1-2-11-9-16(12-5-3-7-14(20-12)18(23)24)22-17(10-11)13-6-4-8-15(21-13)19(25)26/h2-10H,1H2,(H,23,24)(H,25,26). The molecule has 0 amide bonds. The zero-order valence-electron chi connectivity index (χ0n) is 13.5. The van der Waals surface area contributed by atoms with Crippen LogP contribution in [0, 0.1) is 0 Å². The molecule has 2 N–H and O–H groups in total. The van der Waals surface area contributed by atoms with E-state index < -0.39 is 11.9 Å². The number of carboxylic acid groups (broad SMARTS) is 2. The molecule has 0 saturated carbocycles. The molecule has 3 aromatic rings.